The molecule has 0 aliphatic carbocycles. The van der Waals surface area contributed by atoms with Crippen molar-refractivity contribution in [2.45, 2.75) is 26.4 Å². The van der Waals surface area contributed by atoms with E-state index < -0.39 is 0 Å². The first-order valence-electron chi connectivity index (χ1n) is 4.62. The number of rotatable bonds is 5. The Morgan fingerprint density at radius 2 is 2.07 bits per heavy atom. The molecule has 76 valence electrons. The van der Waals surface area contributed by atoms with Gasteiger partial charge in [-0.3, -0.25) is 4.79 Å². The van der Waals surface area contributed by atoms with Crippen LogP contribution in [0.2, 0.25) is 0 Å². The van der Waals surface area contributed by atoms with Crippen molar-refractivity contribution < 1.29 is 9.53 Å². The SMILES string of the molecule is CC(C)OCCC(=O)c1ncccn1. The van der Waals surface area contributed by atoms with Gasteiger partial charge < -0.3 is 4.74 Å². The van der Waals surface area contributed by atoms with Gasteiger partial charge in [-0.05, 0) is 19.9 Å². The number of hydrogen-bond acceptors (Lipinski definition) is 4. The van der Waals surface area contributed by atoms with Crippen LogP contribution in [0.15, 0.2) is 18.5 Å². The first kappa shape index (κ1) is 10.8. The molecule has 0 amide bonds. The Labute approximate surface area is 83.3 Å². The highest BCUT2D eigenvalue weighted by molar-refractivity contribution is 5.92. The Kier molecular flexibility index (Phi) is 4.19. The smallest absolute Gasteiger partial charge is 0.202 e. The minimum absolute atomic E-state index is 0.0775. The quantitative estimate of drug-likeness (QED) is 0.666. The van der Waals surface area contributed by atoms with Gasteiger partial charge in [-0.15, -0.1) is 0 Å². The maximum Gasteiger partial charge on any atom is 0.202 e. The zero-order valence-electron chi connectivity index (χ0n) is 8.43. The second kappa shape index (κ2) is 5.44. The van der Waals surface area contributed by atoms with Crippen molar-refractivity contribution in [2.24, 2.45) is 0 Å². The van der Waals surface area contributed by atoms with Gasteiger partial charge in [0.05, 0.1) is 12.7 Å². The van der Waals surface area contributed by atoms with Crippen LogP contribution in [0.1, 0.15) is 30.9 Å². The molecule has 0 bridgehead atoms. The molecule has 0 unspecified atom stereocenters. The van der Waals surface area contributed by atoms with E-state index in [1.54, 1.807) is 18.5 Å². The first-order chi connectivity index (χ1) is 6.70. The Hall–Kier alpha value is -1.29. The van der Waals surface area contributed by atoms with Crippen molar-refractivity contribution in [1.29, 1.82) is 0 Å². The monoisotopic (exact) mass is 194 g/mol. The minimum atomic E-state index is -0.0775. The summed E-state index contributed by atoms with van der Waals surface area (Å²) in [7, 11) is 0. The molecule has 0 fully saturated rings. The lowest BCUT2D eigenvalue weighted by molar-refractivity contribution is 0.0673. The Bertz CT molecular complexity index is 285. The molecule has 1 heterocycles. The van der Waals surface area contributed by atoms with Crippen molar-refractivity contribution in [3.05, 3.63) is 24.3 Å². The van der Waals surface area contributed by atoms with Crippen LogP contribution < -0.4 is 0 Å². The molecule has 1 aromatic heterocycles. The van der Waals surface area contributed by atoms with Gasteiger partial charge in [0.1, 0.15) is 0 Å². The van der Waals surface area contributed by atoms with Crippen LogP contribution in [0.4, 0.5) is 0 Å². The summed E-state index contributed by atoms with van der Waals surface area (Å²) in [5.41, 5.74) is 0. The summed E-state index contributed by atoms with van der Waals surface area (Å²) in [5.74, 6) is 0.186. The van der Waals surface area contributed by atoms with Crippen LogP contribution in [-0.2, 0) is 4.74 Å². The minimum Gasteiger partial charge on any atom is -0.378 e. The normalized spacial score (nSPS) is 10.5. The standard InChI is InChI=1S/C10H14N2O2/c1-8(2)14-7-4-9(13)10-11-5-3-6-12-10/h3,5-6,8H,4,7H2,1-2H3. The molecule has 0 aliphatic heterocycles. The Morgan fingerprint density at radius 1 is 1.43 bits per heavy atom. The predicted molar refractivity (Wildman–Crippen MR) is 52.1 cm³/mol. The molecule has 0 N–H and O–H groups in total. The fourth-order valence-electron chi connectivity index (χ4n) is 0.942. The van der Waals surface area contributed by atoms with Gasteiger partial charge in [0, 0.05) is 18.8 Å². The highest BCUT2D eigenvalue weighted by Crippen LogP contribution is 1.97. The van der Waals surface area contributed by atoms with Crippen LogP contribution >= 0.6 is 0 Å². The van der Waals surface area contributed by atoms with Gasteiger partial charge in [-0.25, -0.2) is 9.97 Å². The fourth-order valence-corrected chi connectivity index (χ4v) is 0.942. The van der Waals surface area contributed by atoms with Gasteiger partial charge in [-0.2, -0.15) is 0 Å². The summed E-state index contributed by atoms with van der Waals surface area (Å²) in [6.07, 6.45) is 3.61. The van der Waals surface area contributed by atoms with E-state index in [1.807, 2.05) is 13.8 Å². The number of ketones is 1. The van der Waals surface area contributed by atoms with Crippen LogP contribution in [0, 0.1) is 0 Å². The van der Waals surface area contributed by atoms with Gasteiger partial charge in [0.2, 0.25) is 5.78 Å². The molecule has 0 saturated heterocycles. The van der Waals surface area contributed by atoms with Crippen LogP contribution in [0.3, 0.4) is 0 Å². The largest absolute Gasteiger partial charge is 0.378 e. The number of aromatic nitrogens is 2. The van der Waals surface area contributed by atoms with Gasteiger partial charge in [0.15, 0.2) is 5.82 Å². The maximum atomic E-state index is 11.4. The topological polar surface area (TPSA) is 52.1 Å². The maximum absolute atomic E-state index is 11.4. The third kappa shape index (κ3) is 3.62. The molecule has 0 radical (unpaired) electrons. The second-order valence-corrected chi connectivity index (χ2v) is 3.17. The molecule has 0 aromatic carbocycles. The number of nitrogens with zero attached hydrogens (tertiary/aromatic N) is 2. The molecule has 14 heavy (non-hydrogen) atoms. The van der Waals surface area contributed by atoms with Gasteiger partial charge in [0.25, 0.3) is 0 Å². The molecule has 0 atom stereocenters. The average molecular weight is 194 g/mol. The summed E-state index contributed by atoms with van der Waals surface area (Å²) >= 11 is 0. The summed E-state index contributed by atoms with van der Waals surface area (Å²) in [5, 5.41) is 0. The third-order valence-electron chi connectivity index (χ3n) is 1.60. The lowest BCUT2D eigenvalue weighted by Gasteiger charge is -2.05. The van der Waals surface area contributed by atoms with E-state index in [9.17, 15) is 4.79 Å². The zero-order valence-corrected chi connectivity index (χ0v) is 8.43. The molecule has 0 aliphatic rings. The van der Waals surface area contributed by atoms with Gasteiger partial charge >= 0.3 is 0 Å². The lowest BCUT2D eigenvalue weighted by atomic mass is 10.3. The third-order valence-corrected chi connectivity index (χ3v) is 1.60. The number of Topliss-reactive ketones (excluding diaryl/α,β-unsaturated/α-hetero) is 1. The first-order valence-corrected chi connectivity index (χ1v) is 4.62. The lowest BCUT2D eigenvalue weighted by Crippen LogP contribution is -2.11. The van der Waals surface area contributed by atoms with Crippen molar-refractivity contribution >= 4 is 5.78 Å². The molecule has 4 heteroatoms. The van der Waals surface area contributed by atoms with E-state index in [1.165, 1.54) is 0 Å². The van der Waals surface area contributed by atoms with Crippen molar-refractivity contribution in [3.63, 3.8) is 0 Å². The molecular weight excluding hydrogens is 180 g/mol. The summed E-state index contributed by atoms with van der Waals surface area (Å²) in [6.45, 7) is 4.29. The molecule has 0 saturated carbocycles. The predicted octanol–water partition coefficient (Wildman–Crippen LogP) is 1.47. The van der Waals surface area contributed by atoms with E-state index >= 15 is 0 Å². The van der Waals surface area contributed by atoms with Crippen molar-refractivity contribution in [3.8, 4) is 0 Å². The van der Waals surface area contributed by atoms with E-state index in [0.717, 1.165) is 0 Å². The number of carbonyl (C=O) groups is 1. The Morgan fingerprint density at radius 3 is 2.64 bits per heavy atom. The van der Waals surface area contributed by atoms with E-state index in [-0.39, 0.29) is 17.7 Å². The van der Waals surface area contributed by atoms with Crippen LogP contribution in [0.5, 0.6) is 0 Å². The number of ether oxygens (including phenoxy) is 1. The highest BCUT2D eigenvalue weighted by Gasteiger charge is 2.07. The Balaban J connectivity index is 2.36. The average Bonchev–Trinajstić information content (AvgIpc) is 2.18. The molecular formula is C10H14N2O2. The van der Waals surface area contributed by atoms with E-state index in [4.69, 9.17) is 4.74 Å². The molecule has 1 aromatic rings. The summed E-state index contributed by atoms with van der Waals surface area (Å²) in [4.78, 5) is 19.1. The molecule has 1 rings (SSSR count). The number of carbonyl (C=O) groups excluding carboxylic acids is 1. The van der Waals surface area contributed by atoms with Gasteiger partial charge in [-0.1, -0.05) is 0 Å². The zero-order chi connectivity index (χ0) is 10.4. The van der Waals surface area contributed by atoms with E-state index in [0.29, 0.717) is 13.0 Å². The van der Waals surface area contributed by atoms with Crippen LogP contribution in [0.25, 0.3) is 0 Å². The van der Waals surface area contributed by atoms with Crippen molar-refractivity contribution in [2.75, 3.05) is 6.61 Å². The molecule has 4 nitrogen and oxygen atoms in total. The van der Waals surface area contributed by atoms with Crippen LogP contribution in [-0.4, -0.2) is 28.5 Å². The number of hydrogen-bond donors (Lipinski definition) is 0. The molecule has 0 spiro atoms. The second-order valence-electron chi connectivity index (χ2n) is 3.17. The highest BCUT2D eigenvalue weighted by atomic mass is 16.5. The summed E-state index contributed by atoms with van der Waals surface area (Å²) < 4.78 is 5.26. The van der Waals surface area contributed by atoms with Crippen molar-refractivity contribution in [1.82, 2.24) is 9.97 Å². The summed E-state index contributed by atoms with van der Waals surface area (Å²) in [6, 6.07) is 1.68. The van der Waals surface area contributed by atoms with E-state index in [2.05, 4.69) is 9.97 Å². The fraction of sp³-hybridized carbons (Fsp3) is 0.500.